The average molecular weight is 311 g/mol. The Bertz CT molecular complexity index is 593. The summed E-state index contributed by atoms with van der Waals surface area (Å²) in [6.07, 6.45) is 0. The first-order valence-corrected chi connectivity index (χ1v) is 7.57. The maximum absolute atomic E-state index is 11.7. The Balaban J connectivity index is 1.99. The predicted octanol–water partition coefficient (Wildman–Crippen LogP) is 3.29. The van der Waals surface area contributed by atoms with Crippen LogP contribution in [0, 0.1) is 0 Å². The van der Waals surface area contributed by atoms with E-state index in [2.05, 4.69) is 5.10 Å². The molecule has 2 aromatic rings. The lowest BCUT2D eigenvalue weighted by atomic mass is 10.1. The minimum atomic E-state index is -0.304. The van der Waals surface area contributed by atoms with Gasteiger partial charge in [-0.2, -0.15) is 16.9 Å². The Morgan fingerprint density at radius 1 is 1.40 bits per heavy atom. The summed E-state index contributed by atoms with van der Waals surface area (Å²) in [5.74, 6) is 1.16. The van der Waals surface area contributed by atoms with Crippen LogP contribution in [0.4, 0.5) is 0 Å². The number of aryl methyl sites for hydroxylation is 1. The SMILES string of the molecule is COC(=O)c1ccccc1CSCc1cc(Cl)n(C)n1. The van der Waals surface area contributed by atoms with Gasteiger partial charge in [0.1, 0.15) is 5.15 Å². The third kappa shape index (κ3) is 3.55. The zero-order valence-electron chi connectivity index (χ0n) is 11.3. The summed E-state index contributed by atoms with van der Waals surface area (Å²) in [5.41, 5.74) is 2.51. The van der Waals surface area contributed by atoms with Crippen LogP contribution in [0.1, 0.15) is 21.6 Å². The van der Waals surface area contributed by atoms with Crippen LogP contribution in [0.3, 0.4) is 0 Å². The molecule has 1 aromatic heterocycles. The van der Waals surface area contributed by atoms with Crippen LogP contribution in [0.2, 0.25) is 5.15 Å². The number of ether oxygens (including phenoxy) is 1. The first kappa shape index (κ1) is 14.9. The fourth-order valence-corrected chi connectivity index (χ4v) is 2.88. The average Bonchev–Trinajstić information content (AvgIpc) is 2.77. The number of methoxy groups -OCH3 is 1. The second-order valence-corrected chi connectivity index (χ2v) is 5.60. The maximum atomic E-state index is 11.7. The van der Waals surface area contributed by atoms with E-state index >= 15 is 0 Å². The molecule has 2 rings (SSSR count). The number of carbonyl (C=O) groups excluding carboxylic acids is 1. The van der Waals surface area contributed by atoms with Gasteiger partial charge in [0.05, 0.1) is 18.4 Å². The van der Waals surface area contributed by atoms with Gasteiger partial charge in [-0.05, 0) is 17.7 Å². The van der Waals surface area contributed by atoms with Gasteiger partial charge in [0.2, 0.25) is 0 Å². The summed E-state index contributed by atoms with van der Waals surface area (Å²) in [5, 5.41) is 4.91. The Morgan fingerprint density at radius 3 is 2.80 bits per heavy atom. The monoisotopic (exact) mass is 310 g/mol. The van der Waals surface area contributed by atoms with Crippen molar-refractivity contribution in [3.63, 3.8) is 0 Å². The quantitative estimate of drug-likeness (QED) is 0.795. The van der Waals surface area contributed by atoms with Crippen molar-refractivity contribution in [1.29, 1.82) is 0 Å². The van der Waals surface area contributed by atoms with Gasteiger partial charge in [-0.1, -0.05) is 29.8 Å². The molecule has 6 heteroatoms. The van der Waals surface area contributed by atoms with Crippen LogP contribution < -0.4 is 0 Å². The standard InChI is InChI=1S/C14H15ClN2O2S/c1-17-13(15)7-11(16-17)9-20-8-10-5-3-4-6-12(10)14(18)19-2/h3-7H,8-9H2,1-2H3. The van der Waals surface area contributed by atoms with Crippen molar-refractivity contribution in [1.82, 2.24) is 9.78 Å². The summed E-state index contributed by atoms with van der Waals surface area (Å²) < 4.78 is 6.42. The minimum absolute atomic E-state index is 0.304. The highest BCUT2D eigenvalue weighted by Gasteiger charge is 2.11. The molecule has 0 radical (unpaired) electrons. The lowest BCUT2D eigenvalue weighted by molar-refractivity contribution is 0.0600. The summed E-state index contributed by atoms with van der Waals surface area (Å²) in [4.78, 5) is 11.7. The number of aromatic nitrogens is 2. The lowest BCUT2D eigenvalue weighted by Crippen LogP contribution is -2.04. The van der Waals surface area contributed by atoms with E-state index in [1.165, 1.54) is 7.11 Å². The molecule has 0 aliphatic carbocycles. The van der Waals surface area contributed by atoms with Gasteiger partial charge in [-0.3, -0.25) is 4.68 Å². The second-order valence-electron chi connectivity index (χ2n) is 4.22. The molecule has 0 saturated heterocycles. The van der Waals surface area contributed by atoms with Crippen molar-refractivity contribution in [2.75, 3.05) is 7.11 Å². The van der Waals surface area contributed by atoms with Crippen molar-refractivity contribution in [2.45, 2.75) is 11.5 Å². The number of thioether (sulfide) groups is 1. The highest BCUT2D eigenvalue weighted by Crippen LogP contribution is 2.21. The number of benzene rings is 1. The molecule has 4 nitrogen and oxygen atoms in total. The molecule has 0 amide bonds. The topological polar surface area (TPSA) is 44.1 Å². The van der Waals surface area contributed by atoms with Crippen molar-refractivity contribution in [3.05, 3.63) is 52.3 Å². The number of esters is 1. The maximum Gasteiger partial charge on any atom is 0.338 e. The molecule has 0 aliphatic rings. The van der Waals surface area contributed by atoms with Crippen LogP contribution >= 0.6 is 23.4 Å². The fraction of sp³-hybridized carbons (Fsp3) is 0.286. The van der Waals surface area contributed by atoms with E-state index in [-0.39, 0.29) is 5.97 Å². The number of halogens is 1. The number of carbonyl (C=O) groups is 1. The molecule has 1 heterocycles. The zero-order chi connectivity index (χ0) is 14.5. The molecule has 0 spiro atoms. The molecular formula is C14H15ClN2O2S. The molecule has 0 aliphatic heterocycles. The Kier molecular flexibility index (Phi) is 5.09. The number of nitrogens with zero attached hydrogens (tertiary/aromatic N) is 2. The zero-order valence-corrected chi connectivity index (χ0v) is 12.9. The number of hydrogen-bond donors (Lipinski definition) is 0. The van der Waals surface area contributed by atoms with Crippen molar-refractivity contribution >= 4 is 29.3 Å². The molecule has 0 bridgehead atoms. The first-order valence-electron chi connectivity index (χ1n) is 6.04. The van der Waals surface area contributed by atoms with Crippen LogP contribution in [0.25, 0.3) is 0 Å². The van der Waals surface area contributed by atoms with Crippen LogP contribution in [-0.4, -0.2) is 22.9 Å². The minimum Gasteiger partial charge on any atom is -0.465 e. The summed E-state index contributed by atoms with van der Waals surface area (Å²) in [6, 6.07) is 9.31. The van der Waals surface area contributed by atoms with Gasteiger partial charge in [-0.15, -0.1) is 0 Å². The molecule has 106 valence electrons. The molecule has 0 saturated carbocycles. The van der Waals surface area contributed by atoms with Crippen molar-refractivity contribution in [2.24, 2.45) is 7.05 Å². The van der Waals surface area contributed by atoms with E-state index in [9.17, 15) is 4.79 Å². The molecule has 0 unspecified atom stereocenters. The molecule has 0 N–H and O–H groups in total. The summed E-state index contributed by atoms with van der Waals surface area (Å²) >= 11 is 7.62. The van der Waals surface area contributed by atoms with Crippen molar-refractivity contribution < 1.29 is 9.53 Å². The second kappa shape index (κ2) is 6.81. The Labute approximate surface area is 127 Å². The predicted molar refractivity (Wildman–Crippen MR) is 81.0 cm³/mol. The van der Waals surface area contributed by atoms with Crippen LogP contribution in [0.5, 0.6) is 0 Å². The van der Waals surface area contributed by atoms with Gasteiger partial charge in [0.25, 0.3) is 0 Å². The smallest absolute Gasteiger partial charge is 0.338 e. The first-order chi connectivity index (χ1) is 9.61. The third-order valence-corrected chi connectivity index (χ3v) is 4.17. The van der Waals surface area contributed by atoms with Gasteiger partial charge in [0, 0.05) is 18.6 Å². The van der Waals surface area contributed by atoms with Crippen LogP contribution in [0.15, 0.2) is 30.3 Å². The summed E-state index contributed by atoms with van der Waals surface area (Å²) in [6.45, 7) is 0. The fourth-order valence-electron chi connectivity index (χ4n) is 1.79. The Morgan fingerprint density at radius 2 is 2.15 bits per heavy atom. The highest BCUT2D eigenvalue weighted by molar-refractivity contribution is 7.97. The highest BCUT2D eigenvalue weighted by atomic mass is 35.5. The third-order valence-electron chi connectivity index (χ3n) is 2.80. The van der Waals surface area contributed by atoms with Gasteiger partial charge in [0.15, 0.2) is 0 Å². The van der Waals surface area contributed by atoms with E-state index in [0.29, 0.717) is 10.7 Å². The van der Waals surface area contributed by atoms with E-state index in [0.717, 1.165) is 22.8 Å². The molecule has 1 aromatic carbocycles. The molecule has 0 atom stereocenters. The molecule has 0 fully saturated rings. The van der Waals surface area contributed by atoms with Gasteiger partial charge >= 0.3 is 5.97 Å². The van der Waals surface area contributed by atoms with Gasteiger partial charge in [-0.25, -0.2) is 4.79 Å². The van der Waals surface area contributed by atoms with Crippen LogP contribution in [-0.2, 0) is 23.3 Å². The number of hydrogen-bond acceptors (Lipinski definition) is 4. The lowest BCUT2D eigenvalue weighted by Gasteiger charge is -2.06. The largest absolute Gasteiger partial charge is 0.465 e. The normalized spacial score (nSPS) is 10.6. The number of rotatable bonds is 5. The van der Waals surface area contributed by atoms with Gasteiger partial charge < -0.3 is 4.74 Å². The van der Waals surface area contributed by atoms with E-state index in [1.54, 1.807) is 22.5 Å². The van der Waals surface area contributed by atoms with Crippen molar-refractivity contribution in [3.8, 4) is 0 Å². The summed E-state index contributed by atoms with van der Waals surface area (Å²) in [7, 11) is 3.20. The van der Waals surface area contributed by atoms with E-state index < -0.39 is 0 Å². The van der Waals surface area contributed by atoms with E-state index in [4.69, 9.17) is 16.3 Å². The Hall–Kier alpha value is -1.46. The van der Waals surface area contributed by atoms with E-state index in [1.807, 2.05) is 31.3 Å². The molecular weight excluding hydrogens is 296 g/mol. The molecule has 20 heavy (non-hydrogen) atoms.